The number of rotatable bonds is 21. The molecule has 8 aromatic carbocycles. The fraction of sp³-hybridized carbons (Fsp3) is 0.115. The van der Waals surface area contributed by atoms with E-state index < -0.39 is 75.9 Å². The second kappa shape index (κ2) is 41.1. The molecule has 12 aromatic heterocycles. The van der Waals surface area contributed by atoms with Crippen molar-refractivity contribution < 1.29 is 67.9 Å². The van der Waals surface area contributed by atoms with Crippen LogP contribution in [0.4, 0.5) is 55.5 Å². The van der Waals surface area contributed by atoms with Crippen molar-refractivity contribution in [1.29, 1.82) is 0 Å². The zero-order chi connectivity index (χ0) is 97.0. The Balaban J connectivity index is 0.000000116. The molecule has 20 aromatic rings. The molecule has 1 saturated heterocycles. The van der Waals surface area contributed by atoms with Gasteiger partial charge in [-0.2, -0.15) is 0 Å². The number of anilines is 2. The largest absolute Gasteiger partial charge is 0.349 e. The lowest BCUT2D eigenvalue weighted by Crippen LogP contribution is -2.29. The van der Waals surface area contributed by atoms with Crippen LogP contribution < -0.4 is 21.3 Å². The molecule has 5 amide bonds. The van der Waals surface area contributed by atoms with Crippen LogP contribution in [0.25, 0.3) is 107 Å². The third-order valence-corrected chi connectivity index (χ3v) is 22.4. The molecule has 11 N–H and O–H groups in total. The first kappa shape index (κ1) is 91.9. The molecule has 0 bridgehead atoms. The number of halogens is 10. The van der Waals surface area contributed by atoms with Crippen LogP contribution in [0.3, 0.4) is 0 Å². The number of likely N-dealkylation sites (tertiary alicyclic amines) is 1. The molecular formula is C96H75F10N29O5. The number of amides is 5. The Bertz CT molecular complexity index is 7810. The molecule has 1 saturated carbocycles. The number of nitrogens with one attached hydrogen (secondary N) is 11. The van der Waals surface area contributed by atoms with Gasteiger partial charge >= 0.3 is 0 Å². The van der Waals surface area contributed by atoms with Crippen LogP contribution in [0.1, 0.15) is 97.4 Å². The lowest BCUT2D eigenvalue weighted by Gasteiger charge is -2.12. The van der Waals surface area contributed by atoms with Crippen LogP contribution in [0.5, 0.6) is 0 Å². The minimum absolute atomic E-state index is 0.00684. The third-order valence-electron chi connectivity index (χ3n) is 22.4. The van der Waals surface area contributed by atoms with Crippen LogP contribution in [-0.4, -0.2) is 172 Å². The maximum Gasteiger partial charge on any atom is 0.293 e. The number of benzene rings is 8. The van der Waals surface area contributed by atoms with Crippen LogP contribution in [-0.2, 0) is 6.54 Å². The smallest absolute Gasteiger partial charge is 0.293 e. The van der Waals surface area contributed by atoms with Gasteiger partial charge in [-0.3, -0.25) is 52.1 Å². The second-order valence-electron chi connectivity index (χ2n) is 31.5. The minimum atomic E-state index is -0.988. The Morgan fingerprint density at radius 1 is 0.336 bits per heavy atom. The van der Waals surface area contributed by atoms with Crippen molar-refractivity contribution in [3.8, 4) is 85.4 Å². The van der Waals surface area contributed by atoms with Gasteiger partial charge < -0.3 is 55.7 Å². The SMILES string of the molecule is O=C(NCC1CCCC1)c1ncc(-c2cncn2-c2cccc(F)c2F)[nH]1.O=C(NCc1nc2ccccc2[nH]1)c1ncc(-n2cncc2-c2cccc(F)c2F)[nH]1.O=C(Nc1ccccc1)c1ncc(-c2cncn2-c2cccc(F)c2F)[nH]1.O=C(Nc1nc2ccccc2[nH]1)c1ncc(-n2cncc2-c2cccc(F)c2F)[nH]1.O=C(c1ncc(-c2cncn2-c2cccc(F)c2F)[nH]1)N1CCCC1. The van der Waals surface area contributed by atoms with E-state index in [-0.39, 0.29) is 81.6 Å². The Labute approximate surface area is 783 Å². The zero-order valence-corrected chi connectivity index (χ0v) is 72.8. The van der Waals surface area contributed by atoms with E-state index in [9.17, 15) is 67.9 Å². The van der Waals surface area contributed by atoms with E-state index in [0.717, 1.165) is 85.7 Å². The van der Waals surface area contributed by atoms with Gasteiger partial charge in [-0.25, -0.2) is 104 Å². The molecule has 2 fully saturated rings. The summed E-state index contributed by atoms with van der Waals surface area (Å²) in [6.07, 6.45) is 28.1. The molecule has 44 heteroatoms. The molecule has 1 aliphatic carbocycles. The highest BCUT2D eigenvalue weighted by molar-refractivity contribution is 6.03. The molecule has 2 aliphatic rings. The summed E-state index contributed by atoms with van der Waals surface area (Å²) in [7, 11) is 0. The molecule has 22 rings (SSSR count). The Hall–Kier alpha value is -18.6. The van der Waals surface area contributed by atoms with Crippen LogP contribution in [0.15, 0.2) is 263 Å². The minimum Gasteiger partial charge on any atom is -0.349 e. The maximum absolute atomic E-state index is 14.2. The normalized spacial score (nSPS) is 12.3. The number of hydrogen-bond acceptors (Lipinski definition) is 17. The number of aromatic amines is 7. The van der Waals surface area contributed by atoms with Gasteiger partial charge in [-0.05, 0) is 129 Å². The molecule has 0 atom stereocenters. The third kappa shape index (κ3) is 20.1. The molecule has 704 valence electrons. The molecule has 0 unspecified atom stereocenters. The van der Waals surface area contributed by atoms with Gasteiger partial charge in [0.15, 0.2) is 87.3 Å². The van der Waals surface area contributed by atoms with E-state index in [0.29, 0.717) is 86.7 Å². The van der Waals surface area contributed by atoms with Crippen molar-refractivity contribution in [2.75, 3.05) is 30.3 Å². The molecule has 0 spiro atoms. The summed E-state index contributed by atoms with van der Waals surface area (Å²) < 4.78 is 146. The Morgan fingerprint density at radius 3 is 1.21 bits per heavy atom. The highest BCUT2D eigenvalue weighted by Crippen LogP contribution is 2.33. The maximum atomic E-state index is 14.2. The van der Waals surface area contributed by atoms with E-state index in [1.54, 1.807) is 29.2 Å². The summed E-state index contributed by atoms with van der Waals surface area (Å²) in [6, 6.07) is 43.4. The standard InChI is InChI=1S/C21H15F2N7O.C20H13F2N7O.C19H19F2N5O.C19H13F2N5O.C17H15F2N5O/c22-13-5-3-4-12(19(13)23)16-8-24-11-30(16)18-10-25-20(29-18)21(31)26-9-17-27-14-6-1-2-7-15(14)28-17;21-12-5-3-4-11(17(12)22)15-8-23-10-29(15)16-9-24-18(27-16)19(30)28-20-25-13-6-1-2-7-14(13)26-20;20-13-6-3-7-15(17(13)21)26-11-22-10-16(26)14-9-23-18(25-14)19(27)24-8-12-4-1-2-5-12;20-13-7-4-8-15(17(13)21)26-11-22-10-16(26)14-9-23-18(25-14)19(27)24-12-5-2-1-3-6-12;18-11-4-3-5-13(15(11)19)24-10-20-9-14(24)12-8-21-16(22-12)17(25)23-6-1-2-7-23/h1-8,10-11H,9H2,(H,25,29)(H,26,31)(H,27,28);1-10H,(H,24,27)(H2,25,26,28,30);3,6-7,9-12H,1-2,4-5,8H2,(H,23,25)(H,24,27);1-11H,(H,23,25)(H,24,27);3-5,8-10H,1-2,6-7H2,(H,21,22). The highest BCUT2D eigenvalue weighted by atomic mass is 19.2. The van der Waals surface area contributed by atoms with Crippen LogP contribution in [0, 0.1) is 64.1 Å². The summed E-state index contributed by atoms with van der Waals surface area (Å²) in [5, 5.41) is 11.0. The first-order chi connectivity index (χ1) is 68.1. The second-order valence-corrected chi connectivity index (χ2v) is 31.5. The summed E-state index contributed by atoms with van der Waals surface area (Å²) in [5.41, 5.74) is 7.42. The van der Waals surface area contributed by atoms with Gasteiger partial charge in [0.05, 0.1) is 172 Å². The Morgan fingerprint density at radius 2 is 0.721 bits per heavy atom. The summed E-state index contributed by atoms with van der Waals surface area (Å²) in [4.78, 5) is 134. The van der Waals surface area contributed by atoms with E-state index in [1.165, 1.54) is 190 Å². The number of H-pyrrole nitrogens is 7. The molecule has 34 nitrogen and oxygen atoms in total. The van der Waals surface area contributed by atoms with Gasteiger partial charge in [0.25, 0.3) is 29.5 Å². The average Bonchev–Trinajstić information content (AvgIpc) is 1.66. The van der Waals surface area contributed by atoms with Gasteiger partial charge in [0, 0.05) is 36.4 Å². The molecule has 0 radical (unpaired) electrons. The Kier molecular flexibility index (Phi) is 27.0. The van der Waals surface area contributed by atoms with Crippen molar-refractivity contribution >= 4 is 63.2 Å². The monoisotopic (exact) mass is 1900 g/mol. The number of carbonyl (C=O) groups excluding carboxylic acids is 5. The number of nitrogens with zero attached hydrogens (tertiary/aromatic N) is 18. The number of aromatic nitrogens is 24. The summed E-state index contributed by atoms with van der Waals surface area (Å²) in [5.74, 6) is -8.73. The number of carbonyl (C=O) groups is 5. The van der Waals surface area contributed by atoms with Crippen molar-refractivity contribution in [3.63, 3.8) is 0 Å². The zero-order valence-electron chi connectivity index (χ0n) is 72.8. The van der Waals surface area contributed by atoms with Crippen LogP contribution >= 0.6 is 0 Å². The highest BCUT2D eigenvalue weighted by Gasteiger charge is 2.28. The topological polar surface area (TPSA) is 427 Å². The fourth-order valence-corrected chi connectivity index (χ4v) is 15.5. The molecular weight excluding hydrogens is 1830 g/mol. The number of hydrogen-bond donors (Lipinski definition) is 11. The predicted molar refractivity (Wildman–Crippen MR) is 490 cm³/mol. The van der Waals surface area contributed by atoms with Gasteiger partial charge in [0.2, 0.25) is 5.95 Å². The number of para-hydroxylation sites is 5. The predicted octanol–water partition coefficient (Wildman–Crippen LogP) is 17.0. The van der Waals surface area contributed by atoms with E-state index in [1.807, 2.05) is 54.6 Å². The van der Waals surface area contributed by atoms with Crippen molar-refractivity contribution in [3.05, 3.63) is 357 Å². The van der Waals surface area contributed by atoms with Gasteiger partial charge in [0.1, 0.15) is 30.1 Å². The van der Waals surface area contributed by atoms with Crippen molar-refractivity contribution in [2.24, 2.45) is 5.92 Å². The molecule has 1 aliphatic heterocycles. The fourth-order valence-electron chi connectivity index (χ4n) is 15.5. The average molecular weight is 1900 g/mol. The first-order valence-electron chi connectivity index (χ1n) is 43.1. The summed E-state index contributed by atoms with van der Waals surface area (Å²) >= 11 is 0. The molecule has 140 heavy (non-hydrogen) atoms. The first-order valence-corrected chi connectivity index (χ1v) is 43.1. The van der Waals surface area contributed by atoms with Crippen molar-refractivity contribution in [2.45, 2.75) is 45.1 Å². The summed E-state index contributed by atoms with van der Waals surface area (Å²) in [6.45, 7) is 2.28. The quantitative estimate of drug-likeness (QED) is 0.0298. The number of imidazole rings is 12. The van der Waals surface area contributed by atoms with Gasteiger partial charge in [-0.1, -0.05) is 85.6 Å². The number of fused-ring (bicyclic) bond motifs is 2. The van der Waals surface area contributed by atoms with Gasteiger partial charge in [-0.15, -0.1) is 0 Å². The lowest BCUT2D eigenvalue weighted by atomic mass is 10.1. The molecule has 13 heterocycles. The van der Waals surface area contributed by atoms with Crippen molar-refractivity contribution in [1.82, 2.24) is 133 Å². The van der Waals surface area contributed by atoms with E-state index in [2.05, 4.69) is 116 Å². The van der Waals surface area contributed by atoms with Crippen LogP contribution in [0.2, 0.25) is 0 Å². The lowest BCUT2D eigenvalue weighted by molar-refractivity contribution is 0.0780. The van der Waals surface area contributed by atoms with E-state index in [4.69, 9.17) is 0 Å². The van der Waals surface area contributed by atoms with E-state index >= 15 is 0 Å².